The molecule has 3 nitrogen and oxygen atoms in total. The molecule has 0 bridgehead atoms. The number of carbonyl (C=O) groups excluding carboxylic acids is 1. The summed E-state index contributed by atoms with van der Waals surface area (Å²) in [6.45, 7) is 2.86. The molecular formula is C12H15NO2. The Morgan fingerprint density at radius 1 is 1.27 bits per heavy atom. The van der Waals surface area contributed by atoms with Crippen molar-refractivity contribution >= 4 is 5.97 Å². The summed E-state index contributed by atoms with van der Waals surface area (Å²) in [6, 6.07) is 0. The van der Waals surface area contributed by atoms with Crippen LogP contribution >= 0.6 is 0 Å². The highest BCUT2D eigenvalue weighted by Gasteiger charge is 1.94. The Morgan fingerprint density at radius 3 is 2.53 bits per heavy atom. The van der Waals surface area contributed by atoms with Crippen molar-refractivity contribution < 1.29 is 9.53 Å². The van der Waals surface area contributed by atoms with Crippen molar-refractivity contribution in [3.8, 4) is 0 Å². The lowest BCUT2D eigenvalue weighted by atomic mass is 10.4. The predicted molar refractivity (Wildman–Crippen MR) is 59.9 cm³/mol. The Kier molecular flexibility index (Phi) is 5.01. The van der Waals surface area contributed by atoms with Crippen molar-refractivity contribution in [2.45, 2.75) is 6.92 Å². The monoisotopic (exact) mass is 205 g/mol. The Balaban J connectivity index is 2.33. The maximum Gasteiger partial charge on any atom is 0.330 e. The molecule has 80 valence electrons. The zero-order valence-electron chi connectivity index (χ0n) is 8.80. The molecule has 0 aromatic heterocycles. The smallest absolute Gasteiger partial charge is 0.330 e. The van der Waals surface area contributed by atoms with Crippen molar-refractivity contribution in [3.05, 3.63) is 48.9 Å². The van der Waals surface area contributed by atoms with E-state index in [4.69, 9.17) is 4.74 Å². The van der Waals surface area contributed by atoms with Gasteiger partial charge in [-0.3, -0.25) is 0 Å². The second kappa shape index (κ2) is 6.65. The number of allylic oxidation sites excluding steroid dienone is 4. The van der Waals surface area contributed by atoms with Crippen molar-refractivity contribution in [3.63, 3.8) is 0 Å². The summed E-state index contributed by atoms with van der Waals surface area (Å²) in [4.78, 5) is 12.9. The van der Waals surface area contributed by atoms with Crippen LogP contribution in [0.5, 0.6) is 0 Å². The van der Waals surface area contributed by atoms with Crippen molar-refractivity contribution in [1.29, 1.82) is 0 Å². The number of nitrogens with zero attached hydrogens (tertiary/aromatic N) is 1. The van der Waals surface area contributed by atoms with Crippen LogP contribution in [0.4, 0.5) is 0 Å². The highest BCUT2D eigenvalue weighted by atomic mass is 16.5. The first-order chi connectivity index (χ1) is 7.33. The number of hydrogen-bond donors (Lipinski definition) is 0. The van der Waals surface area contributed by atoms with Crippen molar-refractivity contribution in [1.82, 2.24) is 4.90 Å². The predicted octanol–water partition coefficient (Wildman–Crippen LogP) is 2.00. The summed E-state index contributed by atoms with van der Waals surface area (Å²) >= 11 is 0. The van der Waals surface area contributed by atoms with Crippen LogP contribution in [0.15, 0.2) is 48.9 Å². The van der Waals surface area contributed by atoms with Gasteiger partial charge in [0.25, 0.3) is 0 Å². The molecule has 0 saturated heterocycles. The highest BCUT2D eigenvalue weighted by molar-refractivity contribution is 5.81. The summed E-state index contributed by atoms with van der Waals surface area (Å²) in [5.74, 6) is -0.293. The van der Waals surface area contributed by atoms with Gasteiger partial charge in [-0.25, -0.2) is 4.79 Å². The van der Waals surface area contributed by atoms with Gasteiger partial charge in [0, 0.05) is 25.0 Å². The van der Waals surface area contributed by atoms with Gasteiger partial charge in [0.1, 0.15) is 0 Å². The topological polar surface area (TPSA) is 29.5 Å². The third-order valence-corrected chi connectivity index (χ3v) is 1.75. The molecule has 0 saturated carbocycles. The Bertz CT molecular complexity index is 298. The van der Waals surface area contributed by atoms with E-state index in [1.165, 1.54) is 6.08 Å². The molecule has 15 heavy (non-hydrogen) atoms. The maximum atomic E-state index is 11.0. The van der Waals surface area contributed by atoms with E-state index in [9.17, 15) is 4.79 Å². The van der Waals surface area contributed by atoms with Crippen LogP contribution in [0.1, 0.15) is 6.92 Å². The van der Waals surface area contributed by atoms with Crippen LogP contribution in [-0.2, 0) is 9.53 Å². The standard InChI is InChI=1S/C12H15NO2/c1-2-15-12(14)8-7-11-13-9-5-3-4-6-10-13/h3-10H,2,11H2,1H3. The van der Waals surface area contributed by atoms with Crippen molar-refractivity contribution in [2.75, 3.05) is 13.2 Å². The zero-order valence-corrected chi connectivity index (χ0v) is 8.80. The van der Waals surface area contributed by atoms with Gasteiger partial charge in [-0.15, -0.1) is 0 Å². The fourth-order valence-corrected chi connectivity index (χ4v) is 1.08. The lowest BCUT2D eigenvalue weighted by Gasteiger charge is -2.10. The van der Waals surface area contributed by atoms with Crippen LogP contribution in [0.3, 0.4) is 0 Å². The first kappa shape index (κ1) is 11.3. The first-order valence-corrected chi connectivity index (χ1v) is 4.93. The first-order valence-electron chi connectivity index (χ1n) is 4.93. The van der Waals surface area contributed by atoms with E-state index in [1.807, 2.05) is 41.6 Å². The summed E-state index contributed by atoms with van der Waals surface area (Å²) in [7, 11) is 0. The second-order valence-corrected chi connectivity index (χ2v) is 2.92. The van der Waals surface area contributed by atoms with Gasteiger partial charge in [0.2, 0.25) is 0 Å². The molecule has 1 aliphatic heterocycles. The second-order valence-electron chi connectivity index (χ2n) is 2.92. The van der Waals surface area contributed by atoms with Gasteiger partial charge in [0.05, 0.1) is 6.61 Å². The van der Waals surface area contributed by atoms with E-state index in [0.717, 1.165) is 0 Å². The van der Waals surface area contributed by atoms with Crippen LogP contribution < -0.4 is 0 Å². The summed E-state index contributed by atoms with van der Waals surface area (Å²) in [6.07, 6.45) is 14.9. The van der Waals surface area contributed by atoms with Crippen LogP contribution in [0, 0.1) is 0 Å². The van der Waals surface area contributed by atoms with Gasteiger partial charge in [-0.1, -0.05) is 18.2 Å². The van der Waals surface area contributed by atoms with E-state index in [0.29, 0.717) is 13.2 Å². The van der Waals surface area contributed by atoms with E-state index in [1.54, 1.807) is 13.0 Å². The molecule has 0 N–H and O–H groups in total. The third kappa shape index (κ3) is 4.86. The van der Waals surface area contributed by atoms with Crippen LogP contribution in [0.25, 0.3) is 0 Å². The molecular weight excluding hydrogens is 190 g/mol. The highest BCUT2D eigenvalue weighted by Crippen LogP contribution is 1.98. The third-order valence-electron chi connectivity index (χ3n) is 1.75. The molecule has 0 amide bonds. The van der Waals surface area contributed by atoms with Gasteiger partial charge in [0.15, 0.2) is 0 Å². The number of ether oxygens (including phenoxy) is 1. The number of esters is 1. The van der Waals surface area contributed by atoms with E-state index >= 15 is 0 Å². The van der Waals surface area contributed by atoms with Gasteiger partial charge >= 0.3 is 5.97 Å². The number of carbonyl (C=O) groups is 1. The minimum Gasteiger partial charge on any atom is -0.463 e. The Labute approximate surface area is 90.0 Å². The summed E-state index contributed by atoms with van der Waals surface area (Å²) in [5.41, 5.74) is 0. The molecule has 0 aliphatic carbocycles. The van der Waals surface area contributed by atoms with E-state index in [-0.39, 0.29) is 5.97 Å². The molecule has 0 radical (unpaired) electrons. The largest absolute Gasteiger partial charge is 0.463 e. The Morgan fingerprint density at radius 2 is 1.93 bits per heavy atom. The van der Waals surface area contributed by atoms with Gasteiger partial charge in [-0.2, -0.15) is 0 Å². The molecule has 3 heteroatoms. The lowest BCUT2D eigenvalue weighted by molar-refractivity contribution is -0.137. The Hall–Kier alpha value is -1.77. The number of hydrogen-bond acceptors (Lipinski definition) is 3. The van der Waals surface area contributed by atoms with E-state index < -0.39 is 0 Å². The number of rotatable bonds is 4. The quantitative estimate of drug-likeness (QED) is 0.519. The van der Waals surface area contributed by atoms with Crippen LogP contribution in [-0.4, -0.2) is 24.0 Å². The van der Waals surface area contributed by atoms with Gasteiger partial charge in [-0.05, 0) is 19.1 Å². The molecule has 0 aromatic carbocycles. The lowest BCUT2D eigenvalue weighted by Crippen LogP contribution is -2.09. The van der Waals surface area contributed by atoms with Crippen LogP contribution in [0.2, 0.25) is 0 Å². The maximum absolute atomic E-state index is 11.0. The minimum atomic E-state index is -0.293. The summed E-state index contributed by atoms with van der Waals surface area (Å²) in [5, 5.41) is 0. The van der Waals surface area contributed by atoms with E-state index in [2.05, 4.69) is 0 Å². The average Bonchev–Trinajstić information content (AvgIpc) is 2.47. The normalized spacial score (nSPS) is 14.6. The SMILES string of the molecule is CCOC(=O)C=CCN1C=CC=CC=C1. The summed E-state index contributed by atoms with van der Waals surface area (Å²) < 4.78 is 4.76. The van der Waals surface area contributed by atoms with Crippen molar-refractivity contribution in [2.24, 2.45) is 0 Å². The fourth-order valence-electron chi connectivity index (χ4n) is 1.08. The molecule has 0 aromatic rings. The molecule has 1 aliphatic rings. The average molecular weight is 205 g/mol. The molecule has 0 atom stereocenters. The fraction of sp³-hybridized carbons (Fsp3) is 0.250. The minimum absolute atomic E-state index is 0.293. The molecule has 0 fully saturated rings. The van der Waals surface area contributed by atoms with Gasteiger partial charge < -0.3 is 9.64 Å². The zero-order chi connectivity index (χ0) is 10.9. The molecule has 0 unspecified atom stereocenters. The molecule has 0 spiro atoms. The molecule has 1 rings (SSSR count). The molecule has 1 heterocycles.